The number of aliphatic hydroxyl groups is 1. The Labute approximate surface area is 112 Å². The molecular formula is C13H19N3O3. The maximum atomic E-state index is 11.9. The summed E-state index contributed by atoms with van der Waals surface area (Å²) in [6.45, 7) is 2.00. The Balaban J connectivity index is 2.55. The molecule has 0 heterocycles. The van der Waals surface area contributed by atoms with Crippen LogP contribution in [0.2, 0.25) is 0 Å². The first kappa shape index (κ1) is 15.0. The molecule has 0 saturated heterocycles. The standard InChI is InChI=1S/C13H19N3O3/c1-9(3-2-8-17)15-12(18)10-4-6-11(7-5-10)16-13(14)19/h4-7,9,17H,2-3,8H2,1H3,(H,15,18)(H3,14,16,19). The van der Waals surface area contributed by atoms with Gasteiger partial charge in [-0.05, 0) is 44.0 Å². The van der Waals surface area contributed by atoms with Crippen LogP contribution in [0.25, 0.3) is 0 Å². The fraction of sp³-hybridized carbons (Fsp3) is 0.385. The Morgan fingerprint density at radius 2 is 1.95 bits per heavy atom. The Bertz CT molecular complexity index is 431. The number of amides is 3. The Morgan fingerprint density at radius 3 is 2.47 bits per heavy atom. The predicted octanol–water partition coefficient (Wildman–Crippen LogP) is 1.07. The van der Waals surface area contributed by atoms with Crippen molar-refractivity contribution in [3.63, 3.8) is 0 Å². The second-order valence-corrected chi connectivity index (χ2v) is 4.31. The number of nitrogens with one attached hydrogen (secondary N) is 2. The number of hydrogen-bond acceptors (Lipinski definition) is 3. The van der Waals surface area contributed by atoms with E-state index in [1.165, 1.54) is 0 Å². The van der Waals surface area contributed by atoms with Gasteiger partial charge in [-0.3, -0.25) is 4.79 Å². The molecule has 0 aromatic heterocycles. The average molecular weight is 265 g/mol. The third-order valence-electron chi connectivity index (χ3n) is 2.59. The van der Waals surface area contributed by atoms with Crippen molar-refractivity contribution in [1.82, 2.24) is 5.32 Å². The van der Waals surface area contributed by atoms with Crippen molar-refractivity contribution in [2.24, 2.45) is 5.73 Å². The molecule has 1 rings (SSSR count). The van der Waals surface area contributed by atoms with Crippen molar-refractivity contribution < 1.29 is 14.7 Å². The van der Waals surface area contributed by atoms with E-state index in [2.05, 4.69) is 10.6 Å². The molecular weight excluding hydrogens is 246 g/mol. The molecule has 1 unspecified atom stereocenters. The van der Waals surface area contributed by atoms with Crippen LogP contribution in [0.3, 0.4) is 0 Å². The van der Waals surface area contributed by atoms with E-state index in [-0.39, 0.29) is 18.6 Å². The number of nitrogens with two attached hydrogens (primary N) is 1. The van der Waals surface area contributed by atoms with Crippen molar-refractivity contribution in [2.45, 2.75) is 25.8 Å². The molecule has 0 spiro atoms. The smallest absolute Gasteiger partial charge is 0.316 e. The molecule has 104 valence electrons. The number of carbonyl (C=O) groups excluding carboxylic acids is 2. The lowest BCUT2D eigenvalue weighted by Gasteiger charge is -2.13. The Hall–Kier alpha value is -2.08. The van der Waals surface area contributed by atoms with Gasteiger partial charge in [0.2, 0.25) is 0 Å². The van der Waals surface area contributed by atoms with E-state index in [1.807, 2.05) is 6.92 Å². The summed E-state index contributed by atoms with van der Waals surface area (Å²) in [5, 5.41) is 14.0. The van der Waals surface area contributed by atoms with E-state index in [0.717, 1.165) is 6.42 Å². The first-order chi connectivity index (χ1) is 9.02. The molecule has 6 nitrogen and oxygen atoms in total. The lowest BCUT2D eigenvalue weighted by molar-refractivity contribution is 0.0936. The third kappa shape index (κ3) is 5.39. The molecule has 1 aromatic rings. The van der Waals surface area contributed by atoms with E-state index in [9.17, 15) is 9.59 Å². The number of urea groups is 1. The number of aliphatic hydroxyl groups excluding tert-OH is 1. The molecule has 1 aromatic carbocycles. The molecule has 0 aliphatic rings. The van der Waals surface area contributed by atoms with Gasteiger partial charge in [-0.1, -0.05) is 0 Å². The number of benzene rings is 1. The predicted molar refractivity (Wildman–Crippen MR) is 72.9 cm³/mol. The van der Waals surface area contributed by atoms with E-state index in [0.29, 0.717) is 17.7 Å². The maximum Gasteiger partial charge on any atom is 0.316 e. The molecule has 0 bridgehead atoms. The second-order valence-electron chi connectivity index (χ2n) is 4.31. The lowest BCUT2D eigenvalue weighted by atomic mass is 10.1. The summed E-state index contributed by atoms with van der Waals surface area (Å²) in [4.78, 5) is 22.5. The number of hydrogen-bond donors (Lipinski definition) is 4. The fourth-order valence-corrected chi connectivity index (χ4v) is 1.62. The van der Waals surface area contributed by atoms with Gasteiger partial charge in [0.15, 0.2) is 0 Å². The van der Waals surface area contributed by atoms with Crippen molar-refractivity contribution in [3.05, 3.63) is 29.8 Å². The van der Waals surface area contributed by atoms with Gasteiger partial charge in [0, 0.05) is 23.9 Å². The van der Waals surface area contributed by atoms with Crippen LogP contribution < -0.4 is 16.4 Å². The fourth-order valence-electron chi connectivity index (χ4n) is 1.62. The summed E-state index contributed by atoms with van der Waals surface area (Å²) in [5.74, 6) is -0.184. The topological polar surface area (TPSA) is 104 Å². The molecule has 0 aliphatic heterocycles. The minimum atomic E-state index is -0.644. The van der Waals surface area contributed by atoms with Crippen molar-refractivity contribution in [1.29, 1.82) is 0 Å². The summed E-state index contributed by atoms with van der Waals surface area (Å²) in [7, 11) is 0. The lowest BCUT2D eigenvalue weighted by Crippen LogP contribution is -2.32. The summed E-state index contributed by atoms with van der Waals surface area (Å²) < 4.78 is 0. The molecule has 6 heteroatoms. The van der Waals surface area contributed by atoms with Crippen LogP contribution in [0.5, 0.6) is 0 Å². The largest absolute Gasteiger partial charge is 0.396 e. The van der Waals surface area contributed by atoms with Gasteiger partial charge in [-0.25, -0.2) is 4.79 Å². The van der Waals surface area contributed by atoms with Crippen LogP contribution in [-0.2, 0) is 0 Å². The molecule has 5 N–H and O–H groups in total. The first-order valence-electron chi connectivity index (χ1n) is 6.11. The van der Waals surface area contributed by atoms with Gasteiger partial charge in [0.05, 0.1) is 0 Å². The first-order valence-corrected chi connectivity index (χ1v) is 6.11. The number of carbonyl (C=O) groups is 2. The molecule has 0 fully saturated rings. The third-order valence-corrected chi connectivity index (χ3v) is 2.59. The highest BCUT2D eigenvalue weighted by molar-refractivity contribution is 5.95. The van der Waals surface area contributed by atoms with Crippen LogP contribution >= 0.6 is 0 Å². The summed E-state index contributed by atoms with van der Waals surface area (Å²) in [6, 6.07) is 5.80. The normalized spacial score (nSPS) is 11.7. The summed E-state index contributed by atoms with van der Waals surface area (Å²) in [6.07, 6.45) is 1.38. The maximum absolute atomic E-state index is 11.9. The van der Waals surface area contributed by atoms with Crippen LogP contribution in [0.15, 0.2) is 24.3 Å². The van der Waals surface area contributed by atoms with Crippen LogP contribution in [0, 0.1) is 0 Å². The van der Waals surface area contributed by atoms with E-state index < -0.39 is 6.03 Å². The highest BCUT2D eigenvalue weighted by Gasteiger charge is 2.09. The van der Waals surface area contributed by atoms with Crippen molar-refractivity contribution in [2.75, 3.05) is 11.9 Å². The highest BCUT2D eigenvalue weighted by Crippen LogP contribution is 2.09. The average Bonchev–Trinajstić information content (AvgIpc) is 2.36. The van der Waals surface area contributed by atoms with Crippen molar-refractivity contribution in [3.8, 4) is 0 Å². The van der Waals surface area contributed by atoms with Gasteiger partial charge in [-0.15, -0.1) is 0 Å². The van der Waals surface area contributed by atoms with Crippen LogP contribution in [0.4, 0.5) is 10.5 Å². The molecule has 0 radical (unpaired) electrons. The Morgan fingerprint density at radius 1 is 1.32 bits per heavy atom. The van der Waals surface area contributed by atoms with Gasteiger partial charge < -0.3 is 21.5 Å². The van der Waals surface area contributed by atoms with E-state index in [1.54, 1.807) is 24.3 Å². The zero-order valence-corrected chi connectivity index (χ0v) is 10.8. The molecule has 0 aliphatic carbocycles. The minimum Gasteiger partial charge on any atom is -0.396 e. The van der Waals surface area contributed by atoms with Crippen LogP contribution in [0.1, 0.15) is 30.1 Å². The van der Waals surface area contributed by atoms with Gasteiger partial charge >= 0.3 is 6.03 Å². The number of primary amides is 1. The zero-order chi connectivity index (χ0) is 14.3. The SMILES string of the molecule is CC(CCCO)NC(=O)c1ccc(NC(N)=O)cc1. The Kier molecular flexibility index (Phi) is 5.81. The second kappa shape index (κ2) is 7.38. The van der Waals surface area contributed by atoms with Gasteiger partial charge in [0.1, 0.15) is 0 Å². The van der Waals surface area contributed by atoms with Gasteiger partial charge in [-0.2, -0.15) is 0 Å². The molecule has 3 amide bonds. The minimum absolute atomic E-state index is 0.00284. The molecule has 1 atom stereocenters. The van der Waals surface area contributed by atoms with Crippen molar-refractivity contribution >= 4 is 17.6 Å². The zero-order valence-electron chi connectivity index (χ0n) is 10.8. The summed E-state index contributed by atoms with van der Waals surface area (Å²) in [5.41, 5.74) is 6.03. The van der Waals surface area contributed by atoms with Crippen LogP contribution in [-0.4, -0.2) is 29.7 Å². The van der Waals surface area contributed by atoms with Gasteiger partial charge in [0.25, 0.3) is 5.91 Å². The molecule has 19 heavy (non-hydrogen) atoms. The summed E-state index contributed by atoms with van der Waals surface area (Å²) >= 11 is 0. The quantitative estimate of drug-likeness (QED) is 0.618. The number of anilines is 1. The number of rotatable bonds is 6. The van der Waals surface area contributed by atoms with E-state index in [4.69, 9.17) is 10.8 Å². The monoisotopic (exact) mass is 265 g/mol. The van der Waals surface area contributed by atoms with E-state index >= 15 is 0 Å². The molecule has 0 saturated carbocycles. The highest BCUT2D eigenvalue weighted by atomic mass is 16.3.